The Morgan fingerprint density at radius 2 is 1.90 bits per heavy atom. The van der Waals surface area contributed by atoms with E-state index < -0.39 is 71.6 Å². The summed E-state index contributed by atoms with van der Waals surface area (Å²) in [6.45, 7) is 7.63. The first-order valence-corrected chi connectivity index (χ1v) is 14.5. The van der Waals surface area contributed by atoms with Crippen LogP contribution in [0, 0.1) is 29.1 Å². The number of hydrogen-bond acceptors (Lipinski definition) is 9. The van der Waals surface area contributed by atoms with Crippen molar-refractivity contribution in [2.24, 2.45) is 29.1 Å². The molecule has 1 aromatic heterocycles. The predicted octanol–water partition coefficient (Wildman–Crippen LogP) is 4.06. The first kappa shape index (κ1) is 31.1. The zero-order valence-corrected chi connectivity index (χ0v) is 24.1. The molecule has 1 saturated carbocycles. The van der Waals surface area contributed by atoms with Gasteiger partial charge in [-0.2, -0.15) is 13.2 Å². The van der Waals surface area contributed by atoms with Crippen LogP contribution in [0.1, 0.15) is 71.0 Å². The summed E-state index contributed by atoms with van der Waals surface area (Å²) in [7, 11) is 0. The highest BCUT2D eigenvalue weighted by molar-refractivity contribution is 7.09. The van der Waals surface area contributed by atoms with Gasteiger partial charge in [0.05, 0.1) is 36.3 Å². The molecular formula is C28H38F3NO7S. The van der Waals surface area contributed by atoms with Gasteiger partial charge in [-0.25, -0.2) is 4.98 Å². The molecule has 224 valence electrons. The molecule has 3 heterocycles. The summed E-state index contributed by atoms with van der Waals surface area (Å²) in [6, 6.07) is 0. The van der Waals surface area contributed by atoms with Gasteiger partial charge in [0.1, 0.15) is 23.0 Å². The Hall–Kier alpha value is -1.86. The van der Waals surface area contributed by atoms with Gasteiger partial charge in [0.15, 0.2) is 5.60 Å². The van der Waals surface area contributed by atoms with Gasteiger partial charge in [0, 0.05) is 17.7 Å². The molecule has 3 N–H and O–H groups in total. The van der Waals surface area contributed by atoms with Gasteiger partial charge in [-0.05, 0) is 49.2 Å². The minimum atomic E-state index is -4.65. The van der Waals surface area contributed by atoms with Crippen molar-refractivity contribution in [2.45, 2.75) is 103 Å². The Kier molecular flexibility index (Phi) is 8.62. The van der Waals surface area contributed by atoms with E-state index in [1.165, 1.54) is 25.2 Å². The summed E-state index contributed by atoms with van der Waals surface area (Å²) in [5, 5.41) is 33.3. The second-order valence-corrected chi connectivity index (χ2v) is 13.2. The molecule has 0 radical (unpaired) electrons. The summed E-state index contributed by atoms with van der Waals surface area (Å²) in [4.78, 5) is 30.5. The van der Waals surface area contributed by atoms with E-state index >= 15 is 0 Å². The number of aliphatic hydroxyl groups is 3. The number of nitrogens with zero attached hydrogens (tertiary/aromatic N) is 1. The molecular weight excluding hydrogens is 551 g/mol. The van der Waals surface area contributed by atoms with Gasteiger partial charge >= 0.3 is 12.1 Å². The molecule has 1 aliphatic carbocycles. The van der Waals surface area contributed by atoms with Crippen LogP contribution in [-0.4, -0.2) is 68.2 Å². The number of alkyl halides is 3. The molecule has 1 aromatic rings. The summed E-state index contributed by atoms with van der Waals surface area (Å²) >= 11 is 1.21. The SMILES string of the molecule is CC(=Cc1csc(CO)n1)[C@@H]1C[C@@H]2O[C@]2(C(F)(F)F)C[C@H]2C[C@@H]2[C@H](C)[C@H](O)[C@@H](C)C(=O)C(C)(C)[C@@H](O)CC(=O)O1. The topological polar surface area (TPSA) is 129 Å². The molecule has 9 atom stereocenters. The molecule has 40 heavy (non-hydrogen) atoms. The maximum absolute atomic E-state index is 14.4. The largest absolute Gasteiger partial charge is 0.458 e. The third-order valence-corrected chi connectivity index (χ3v) is 9.95. The molecule has 0 amide bonds. The van der Waals surface area contributed by atoms with Crippen molar-refractivity contribution in [1.29, 1.82) is 0 Å². The van der Waals surface area contributed by atoms with Crippen molar-refractivity contribution < 1.29 is 47.6 Å². The van der Waals surface area contributed by atoms with Gasteiger partial charge < -0.3 is 24.8 Å². The molecule has 0 aromatic carbocycles. The Balaban J connectivity index is 1.66. The number of fused-ring (bicyclic) bond motifs is 2. The van der Waals surface area contributed by atoms with Crippen molar-refractivity contribution >= 4 is 29.2 Å². The molecule has 4 rings (SSSR count). The normalized spacial score (nSPS) is 39.2. The van der Waals surface area contributed by atoms with Crippen molar-refractivity contribution in [1.82, 2.24) is 4.98 Å². The maximum Gasteiger partial charge on any atom is 0.420 e. The fourth-order valence-corrected chi connectivity index (χ4v) is 6.70. The molecule has 2 saturated heterocycles. The Labute approximate surface area is 235 Å². The highest BCUT2D eigenvalue weighted by Crippen LogP contribution is 2.61. The number of epoxide rings is 1. The molecule has 3 aliphatic rings. The smallest absolute Gasteiger partial charge is 0.420 e. The molecule has 2 aliphatic heterocycles. The number of esters is 1. The van der Waals surface area contributed by atoms with E-state index in [1.807, 2.05) is 0 Å². The molecule has 0 bridgehead atoms. The first-order chi connectivity index (χ1) is 18.5. The van der Waals surface area contributed by atoms with E-state index in [4.69, 9.17) is 9.47 Å². The summed E-state index contributed by atoms with van der Waals surface area (Å²) < 4.78 is 54.1. The van der Waals surface area contributed by atoms with Crippen LogP contribution in [0.3, 0.4) is 0 Å². The second kappa shape index (κ2) is 11.1. The number of hydrogen-bond donors (Lipinski definition) is 3. The van der Waals surface area contributed by atoms with Crippen LogP contribution in [0.2, 0.25) is 0 Å². The molecule has 12 heteroatoms. The van der Waals surface area contributed by atoms with Crippen LogP contribution < -0.4 is 0 Å². The van der Waals surface area contributed by atoms with Crippen molar-refractivity contribution in [2.75, 3.05) is 0 Å². The van der Waals surface area contributed by atoms with E-state index in [2.05, 4.69) is 4.98 Å². The molecule has 3 fully saturated rings. The van der Waals surface area contributed by atoms with Crippen LogP contribution in [0.15, 0.2) is 11.0 Å². The standard InChI is InChI=1S/C28H38F3NO7S/c1-13(6-17-12-40-22(11-33)32-17)19-8-21-27(39-21,28(29,30)31)10-16-7-18(16)14(2)24(36)15(3)25(37)26(4,5)20(34)9-23(35)38-19/h6,12,14-16,18-21,24,33-34,36H,7-11H2,1-5H3/t14-,15+,16+,18+,19-,20-,21-,24-,27+/m0/s1. The number of rotatable bonds is 3. The number of ketones is 1. The molecule has 0 spiro atoms. The number of Topliss-reactive ketones (excluding diaryl/α,β-unsaturated/α-hetero) is 1. The lowest BCUT2D eigenvalue weighted by Crippen LogP contribution is -2.46. The molecule has 0 unspecified atom stereocenters. The maximum atomic E-state index is 14.4. The Bertz CT molecular complexity index is 1150. The average molecular weight is 590 g/mol. The van der Waals surface area contributed by atoms with Crippen molar-refractivity contribution in [3.63, 3.8) is 0 Å². The highest BCUT2D eigenvalue weighted by Gasteiger charge is 2.74. The van der Waals surface area contributed by atoms with Crippen LogP contribution in [0.4, 0.5) is 13.2 Å². The number of ether oxygens (including phenoxy) is 2. The van der Waals surface area contributed by atoms with Crippen LogP contribution in [-0.2, 0) is 25.7 Å². The van der Waals surface area contributed by atoms with Crippen molar-refractivity contribution in [3.05, 3.63) is 21.7 Å². The van der Waals surface area contributed by atoms with Crippen LogP contribution in [0.5, 0.6) is 0 Å². The number of aliphatic hydroxyl groups excluding tert-OH is 3. The third-order valence-electron chi connectivity index (χ3n) is 9.10. The van der Waals surface area contributed by atoms with Gasteiger partial charge in [-0.15, -0.1) is 11.3 Å². The van der Waals surface area contributed by atoms with E-state index in [-0.39, 0.29) is 31.3 Å². The number of carbonyl (C=O) groups excluding carboxylic acids is 2. The van der Waals surface area contributed by atoms with Crippen LogP contribution in [0.25, 0.3) is 6.08 Å². The minimum Gasteiger partial charge on any atom is -0.458 e. The van der Waals surface area contributed by atoms with Gasteiger partial charge in [0.25, 0.3) is 0 Å². The minimum absolute atomic E-state index is 0.198. The lowest BCUT2D eigenvalue weighted by Gasteiger charge is -2.34. The lowest BCUT2D eigenvalue weighted by molar-refractivity contribution is -0.187. The number of aromatic nitrogens is 1. The van der Waals surface area contributed by atoms with E-state index in [9.17, 15) is 38.1 Å². The summed E-state index contributed by atoms with van der Waals surface area (Å²) in [5.74, 6) is -3.19. The van der Waals surface area contributed by atoms with E-state index in [0.29, 0.717) is 22.7 Å². The van der Waals surface area contributed by atoms with Crippen LogP contribution >= 0.6 is 11.3 Å². The average Bonchev–Trinajstić information content (AvgIpc) is 3.75. The van der Waals surface area contributed by atoms with E-state index in [1.54, 1.807) is 32.2 Å². The highest BCUT2D eigenvalue weighted by atomic mass is 32.1. The second-order valence-electron chi connectivity index (χ2n) is 12.2. The zero-order valence-electron chi connectivity index (χ0n) is 23.3. The van der Waals surface area contributed by atoms with Gasteiger partial charge in [0.2, 0.25) is 0 Å². The Morgan fingerprint density at radius 1 is 1.23 bits per heavy atom. The monoisotopic (exact) mass is 589 g/mol. The fourth-order valence-electron chi connectivity index (χ4n) is 6.09. The summed E-state index contributed by atoms with van der Waals surface area (Å²) in [5.41, 5.74) is -2.88. The first-order valence-electron chi connectivity index (χ1n) is 13.6. The fraction of sp³-hybridized carbons (Fsp3) is 0.750. The van der Waals surface area contributed by atoms with E-state index in [0.717, 1.165) is 0 Å². The number of cyclic esters (lactones) is 1. The molecule has 8 nitrogen and oxygen atoms in total. The number of thiazole rings is 1. The van der Waals surface area contributed by atoms with Crippen molar-refractivity contribution in [3.8, 4) is 0 Å². The number of halogens is 3. The van der Waals surface area contributed by atoms with Gasteiger partial charge in [-0.3, -0.25) is 9.59 Å². The Morgan fingerprint density at radius 3 is 2.50 bits per heavy atom. The predicted molar refractivity (Wildman–Crippen MR) is 140 cm³/mol. The quantitative estimate of drug-likeness (QED) is 0.356. The number of carbonyl (C=O) groups is 2. The third kappa shape index (κ3) is 6.01. The summed E-state index contributed by atoms with van der Waals surface area (Å²) in [6.07, 6.45) is -8.58. The van der Waals surface area contributed by atoms with Gasteiger partial charge in [-0.1, -0.05) is 27.7 Å². The zero-order chi connectivity index (χ0) is 29.8. The lowest BCUT2D eigenvalue weighted by atomic mass is 9.72.